The fourth-order valence-corrected chi connectivity index (χ4v) is 3.55. The van der Waals surface area contributed by atoms with Crippen LogP contribution in [0.3, 0.4) is 0 Å². The number of carbonyl (C=O) groups is 2. The highest BCUT2D eigenvalue weighted by Gasteiger charge is 2.52. The van der Waals surface area contributed by atoms with Crippen molar-refractivity contribution in [1.82, 2.24) is 5.32 Å². The summed E-state index contributed by atoms with van der Waals surface area (Å²) in [5, 5.41) is 5.76. The molecule has 3 rings (SSSR count). The number of hydrogen-bond acceptors (Lipinski definition) is 4. The maximum absolute atomic E-state index is 12.9. The first-order valence-electron chi connectivity index (χ1n) is 8.08. The van der Waals surface area contributed by atoms with Crippen LogP contribution in [0, 0.1) is 13.8 Å². The van der Waals surface area contributed by atoms with Gasteiger partial charge in [0.25, 0.3) is 11.8 Å². The number of anilines is 1. The van der Waals surface area contributed by atoms with Crippen LogP contribution in [0.15, 0.2) is 51.9 Å². The molecule has 2 aromatic carbocycles. The van der Waals surface area contributed by atoms with Gasteiger partial charge in [0.2, 0.25) is 0 Å². The molecule has 0 bridgehead atoms. The van der Waals surface area contributed by atoms with Crippen LogP contribution in [0.1, 0.15) is 16.7 Å². The van der Waals surface area contributed by atoms with Crippen molar-refractivity contribution in [1.29, 1.82) is 0 Å². The van der Waals surface area contributed by atoms with Crippen LogP contribution in [0.4, 0.5) is 5.69 Å². The fraction of sp³-hybridized carbons (Fsp3) is 0.211. The summed E-state index contributed by atoms with van der Waals surface area (Å²) in [5.41, 5.74) is 7.41. The monoisotopic (exact) mass is 414 g/mol. The van der Waals surface area contributed by atoms with Crippen molar-refractivity contribution in [3.05, 3.63) is 63.6 Å². The number of aryl methyl sites for hydroxylation is 2. The largest absolute Gasteiger partial charge is 0.367 e. The van der Waals surface area contributed by atoms with Gasteiger partial charge in [0.1, 0.15) is 0 Å². The SMILES string of the molecule is Cc1cccc(NC(=O)C2N=CNC2(C(N)=O)c2cc(Br)ccc2C)c1. The number of nitrogens with one attached hydrogen (secondary N) is 2. The third kappa shape index (κ3) is 3.10. The van der Waals surface area contributed by atoms with Gasteiger partial charge in [-0.3, -0.25) is 14.6 Å². The van der Waals surface area contributed by atoms with Crippen LogP contribution < -0.4 is 16.4 Å². The average Bonchev–Trinajstić information content (AvgIpc) is 3.03. The van der Waals surface area contributed by atoms with Crippen LogP contribution in [-0.2, 0) is 15.1 Å². The highest BCUT2D eigenvalue weighted by molar-refractivity contribution is 9.10. The van der Waals surface area contributed by atoms with Crippen LogP contribution in [0.2, 0.25) is 0 Å². The van der Waals surface area contributed by atoms with E-state index in [1.165, 1.54) is 6.34 Å². The number of amides is 2. The number of hydrogen-bond donors (Lipinski definition) is 3. The Morgan fingerprint density at radius 3 is 2.69 bits per heavy atom. The zero-order valence-electron chi connectivity index (χ0n) is 14.4. The van der Waals surface area contributed by atoms with Gasteiger partial charge >= 0.3 is 0 Å². The second-order valence-corrected chi connectivity index (χ2v) is 7.23. The molecular formula is C19H19BrN4O2. The molecule has 2 unspecified atom stereocenters. The molecule has 4 N–H and O–H groups in total. The predicted octanol–water partition coefficient (Wildman–Crippen LogP) is 2.39. The number of halogens is 1. The number of nitrogens with zero attached hydrogens (tertiary/aromatic N) is 1. The quantitative estimate of drug-likeness (QED) is 0.716. The first-order chi connectivity index (χ1) is 12.3. The van der Waals surface area contributed by atoms with Gasteiger partial charge in [0.15, 0.2) is 11.6 Å². The minimum absolute atomic E-state index is 0.407. The second kappa shape index (κ2) is 6.92. The number of aliphatic imine (C=N–C) groups is 1. The lowest BCUT2D eigenvalue weighted by Gasteiger charge is -2.32. The summed E-state index contributed by atoms with van der Waals surface area (Å²) in [6.45, 7) is 3.80. The zero-order chi connectivity index (χ0) is 18.9. The number of nitrogens with two attached hydrogens (primary N) is 1. The van der Waals surface area contributed by atoms with E-state index in [9.17, 15) is 9.59 Å². The molecule has 0 spiro atoms. The minimum Gasteiger partial charge on any atom is -0.367 e. The molecule has 2 aromatic rings. The van der Waals surface area contributed by atoms with Gasteiger partial charge in [-0.25, -0.2) is 0 Å². The van der Waals surface area contributed by atoms with Gasteiger partial charge < -0.3 is 16.4 Å². The van der Waals surface area contributed by atoms with E-state index in [2.05, 4.69) is 31.6 Å². The molecule has 0 saturated heterocycles. The van der Waals surface area contributed by atoms with Gasteiger partial charge in [-0.2, -0.15) is 0 Å². The molecule has 1 heterocycles. The van der Waals surface area contributed by atoms with E-state index in [-0.39, 0.29) is 0 Å². The summed E-state index contributed by atoms with van der Waals surface area (Å²) in [6, 6.07) is 11.9. The van der Waals surface area contributed by atoms with Gasteiger partial charge in [0, 0.05) is 10.2 Å². The molecular weight excluding hydrogens is 396 g/mol. The van der Waals surface area contributed by atoms with E-state index in [0.717, 1.165) is 15.6 Å². The van der Waals surface area contributed by atoms with E-state index < -0.39 is 23.4 Å². The average molecular weight is 415 g/mol. The van der Waals surface area contributed by atoms with Crippen LogP contribution in [0.25, 0.3) is 0 Å². The molecule has 7 heteroatoms. The summed E-state index contributed by atoms with van der Waals surface area (Å²) in [7, 11) is 0. The van der Waals surface area contributed by atoms with Gasteiger partial charge in [-0.05, 0) is 54.8 Å². The van der Waals surface area contributed by atoms with Crippen LogP contribution in [-0.4, -0.2) is 24.2 Å². The molecule has 2 atom stereocenters. The van der Waals surface area contributed by atoms with Crippen molar-refractivity contribution in [2.24, 2.45) is 10.7 Å². The highest BCUT2D eigenvalue weighted by atomic mass is 79.9. The van der Waals surface area contributed by atoms with Gasteiger partial charge in [0.05, 0.1) is 6.34 Å². The number of primary amides is 1. The standard InChI is InChI=1S/C19H19BrN4O2/c1-11-4-3-5-14(8-11)24-17(25)16-19(18(21)26,23-10-22-16)15-9-13(20)7-6-12(15)2/h3-10,16H,1-2H3,(H2,21,26)(H,22,23)(H,24,25). The Balaban J connectivity index is 2.02. The summed E-state index contributed by atoms with van der Waals surface area (Å²) in [4.78, 5) is 29.6. The zero-order valence-corrected chi connectivity index (χ0v) is 16.0. The Hall–Kier alpha value is -2.67. The number of carbonyl (C=O) groups excluding carboxylic acids is 2. The maximum atomic E-state index is 12.9. The Morgan fingerprint density at radius 1 is 1.23 bits per heavy atom. The number of benzene rings is 2. The Labute approximate surface area is 160 Å². The van der Waals surface area contributed by atoms with Crippen molar-refractivity contribution < 1.29 is 9.59 Å². The van der Waals surface area contributed by atoms with Gasteiger partial charge in [-0.15, -0.1) is 0 Å². The molecule has 1 aliphatic heterocycles. The molecule has 0 radical (unpaired) electrons. The van der Waals surface area contributed by atoms with Crippen molar-refractivity contribution in [3.63, 3.8) is 0 Å². The molecule has 134 valence electrons. The second-order valence-electron chi connectivity index (χ2n) is 6.32. The van der Waals surface area contributed by atoms with Crippen LogP contribution in [0.5, 0.6) is 0 Å². The van der Waals surface area contributed by atoms with E-state index >= 15 is 0 Å². The summed E-state index contributed by atoms with van der Waals surface area (Å²) in [5.74, 6) is -1.07. The van der Waals surface area contributed by atoms with Crippen molar-refractivity contribution >= 4 is 39.8 Å². The molecule has 0 fully saturated rings. The van der Waals surface area contributed by atoms with Crippen molar-refractivity contribution in [3.8, 4) is 0 Å². The third-order valence-electron chi connectivity index (χ3n) is 4.47. The fourth-order valence-electron chi connectivity index (χ4n) is 3.18. The van der Waals surface area contributed by atoms with E-state index in [4.69, 9.17) is 5.73 Å². The Bertz CT molecular complexity index is 912. The molecule has 1 aliphatic rings. The lowest BCUT2D eigenvalue weighted by Crippen LogP contribution is -2.59. The highest BCUT2D eigenvalue weighted by Crippen LogP contribution is 2.34. The van der Waals surface area contributed by atoms with Crippen molar-refractivity contribution in [2.45, 2.75) is 25.4 Å². The first-order valence-corrected chi connectivity index (χ1v) is 8.87. The predicted molar refractivity (Wildman–Crippen MR) is 105 cm³/mol. The van der Waals surface area contributed by atoms with E-state index in [1.807, 2.05) is 44.2 Å². The number of rotatable bonds is 4. The molecule has 2 amide bonds. The van der Waals surface area contributed by atoms with E-state index in [0.29, 0.717) is 11.3 Å². The van der Waals surface area contributed by atoms with Crippen molar-refractivity contribution in [2.75, 3.05) is 5.32 Å². The molecule has 6 nitrogen and oxygen atoms in total. The minimum atomic E-state index is -1.44. The summed E-state index contributed by atoms with van der Waals surface area (Å²) < 4.78 is 0.783. The normalized spacial score (nSPS) is 21.3. The smallest absolute Gasteiger partial charge is 0.252 e. The van der Waals surface area contributed by atoms with Crippen LogP contribution >= 0.6 is 15.9 Å². The lowest BCUT2D eigenvalue weighted by atomic mass is 9.80. The van der Waals surface area contributed by atoms with E-state index in [1.54, 1.807) is 12.1 Å². The lowest BCUT2D eigenvalue weighted by molar-refractivity contribution is -0.129. The maximum Gasteiger partial charge on any atom is 0.252 e. The third-order valence-corrected chi connectivity index (χ3v) is 4.97. The molecule has 0 aliphatic carbocycles. The molecule has 0 aromatic heterocycles. The summed E-state index contributed by atoms with van der Waals surface area (Å²) >= 11 is 3.41. The Kier molecular flexibility index (Phi) is 4.82. The molecule has 26 heavy (non-hydrogen) atoms. The summed E-state index contributed by atoms with van der Waals surface area (Å²) in [6.07, 6.45) is 1.37. The Morgan fingerprint density at radius 2 is 2.00 bits per heavy atom. The first kappa shape index (κ1) is 18.1. The van der Waals surface area contributed by atoms with Gasteiger partial charge in [-0.1, -0.05) is 34.1 Å². The molecule has 0 saturated carbocycles. The topological polar surface area (TPSA) is 96.6 Å².